The zero-order valence-electron chi connectivity index (χ0n) is 11.0. The number of nitrogens with zero attached hydrogens (tertiary/aromatic N) is 1. The van der Waals surface area contributed by atoms with Gasteiger partial charge in [0.25, 0.3) is 0 Å². The van der Waals surface area contributed by atoms with E-state index >= 15 is 0 Å². The maximum Gasteiger partial charge on any atom is 0.246 e. The van der Waals surface area contributed by atoms with Crippen LogP contribution in [0.25, 0.3) is 0 Å². The maximum absolute atomic E-state index is 13.7. The van der Waals surface area contributed by atoms with Crippen molar-refractivity contribution in [2.24, 2.45) is 0 Å². The van der Waals surface area contributed by atoms with E-state index in [0.717, 1.165) is 16.4 Å². The first kappa shape index (κ1) is 16.5. The highest BCUT2D eigenvalue weighted by Crippen LogP contribution is 2.24. The number of anilines is 1. The number of ether oxygens (including phenoxy) is 1. The molecule has 0 heterocycles. The zero-order valence-corrected chi connectivity index (χ0v) is 11.8. The van der Waals surface area contributed by atoms with Crippen molar-refractivity contribution in [1.82, 2.24) is 4.31 Å². The van der Waals surface area contributed by atoms with Crippen LogP contribution in [-0.2, 0) is 14.8 Å². The van der Waals surface area contributed by atoms with Gasteiger partial charge in [0.1, 0.15) is 4.90 Å². The van der Waals surface area contributed by atoms with Gasteiger partial charge in [0, 0.05) is 25.9 Å². The van der Waals surface area contributed by atoms with Gasteiger partial charge in [-0.3, -0.25) is 0 Å². The Bertz CT molecular complexity index is 591. The van der Waals surface area contributed by atoms with E-state index in [0.29, 0.717) is 0 Å². The smallest absolute Gasteiger partial charge is 0.246 e. The minimum Gasteiger partial charge on any atom is -0.399 e. The molecule has 0 saturated heterocycles. The topological polar surface area (TPSA) is 72.6 Å². The monoisotopic (exact) mass is 306 g/mol. The number of hydrogen-bond acceptors (Lipinski definition) is 4. The van der Waals surface area contributed by atoms with Gasteiger partial charge in [-0.15, -0.1) is 6.58 Å². The molecule has 0 aromatic heterocycles. The Hall–Kier alpha value is -1.51. The van der Waals surface area contributed by atoms with E-state index in [1.807, 2.05) is 0 Å². The number of nitrogen functional groups attached to an aromatic ring is 1. The van der Waals surface area contributed by atoms with Gasteiger partial charge in [0.15, 0.2) is 11.6 Å². The molecule has 1 rings (SSSR count). The van der Waals surface area contributed by atoms with Crippen LogP contribution in [0.4, 0.5) is 14.5 Å². The molecular formula is C12H16F2N2O3S. The Morgan fingerprint density at radius 2 is 2.10 bits per heavy atom. The summed E-state index contributed by atoms with van der Waals surface area (Å²) in [6, 6.07) is 1.61. The van der Waals surface area contributed by atoms with Crippen molar-refractivity contribution in [2.75, 3.05) is 32.5 Å². The summed E-state index contributed by atoms with van der Waals surface area (Å²) in [6.07, 6.45) is 1.34. The molecule has 0 aliphatic carbocycles. The number of nitrogens with two attached hydrogens (primary N) is 1. The molecule has 1 aromatic carbocycles. The lowest BCUT2D eigenvalue weighted by Gasteiger charge is -2.20. The molecule has 8 heteroatoms. The van der Waals surface area contributed by atoms with Gasteiger partial charge in [-0.1, -0.05) is 6.08 Å². The Morgan fingerprint density at radius 1 is 1.45 bits per heavy atom. The maximum atomic E-state index is 13.7. The second-order valence-corrected chi connectivity index (χ2v) is 5.87. The molecule has 112 valence electrons. The first-order valence-electron chi connectivity index (χ1n) is 5.69. The number of benzene rings is 1. The molecular weight excluding hydrogens is 290 g/mol. The van der Waals surface area contributed by atoms with E-state index in [2.05, 4.69) is 6.58 Å². The third kappa shape index (κ3) is 3.53. The molecule has 0 aliphatic rings. The van der Waals surface area contributed by atoms with Gasteiger partial charge >= 0.3 is 0 Å². The summed E-state index contributed by atoms with van der Waals surface area (Å²) >= 11 is 0. The first-order chi connectivity index (χ1) is 9.34. The lowest BCUT2D eigenvalue weighted by molar-refractivity contribution is 0.182. The third-order valence-corrected chi connectivity index (χ3v) is 4.38. The van der Waals surface area contributed by atoms with Crippen LogP contribution in [0.2, 0.25) is 0 Å². The Labute approximate surface area is 116 Å². The molecule has 0 radical (unpaired) electrons. The molecule has 5 nitrogen and oxygen atoms in total. The standard InChI is InChI=1S/C12H16F2N2O3S/c1-3-4-16(5-6-19-2)20(17,18)11-8-9(15)7-10(13)12(11)14/h3,7-8H,1,4-6,15H2,2H3. The van der Waals surface area contributed by atoms with Crippen LogP contribution >= 0.6 is 0 Å². The highest BCUT2D eigenvalue weighted by atomic mass is 32.2. The minimum absolute atomic E-state index is 0.0132. The minimum atomic E-state index is -4.22. The van der Waals surface area contributed by atoms with Crippen LogP contribution in [0.3, 0.4) is 0 Å². The fraction of sp³-hybridized carbons (Fsp3) is 0.333. The number of halogens is 2. The predicted octanol–water partition coefficient (Wildman–Crippen LogP) is 1.37. The normalized spacial score (nSPS) is 11.8. The molecule has 2 N–H and O–H groups in total. The highest BCUT2D eigenvalue weighted by molar-refractivity contribution is 7.89. The van der Waals surface area contributed by atoms with Crippen molar-refractivity contribution in [3.63, 3.8) is 0 Å². The third-order valence-electron chi connectivity index (χ3n) is 2.51. The second kappa shape index (κ2) is 6.78. The van der Waals surface area contributed by atoms with Crippen molar-refractivity contribution in [1.29, 1.82) is 0 Å². The highest BCUT2D eigenvalue weighted by Gasteiger charge is 2.28. The van der Waals surface area contributed by atoms with Crippen LogP contribution in [-0.4, -0.2) is 39.5 Å². The van der Waals surface area contributed by atoms with Gasteiger partial charge < -0.3 is 10.5 Å². The van der Waals surface area contributed by atoms with Crippen molar-refractivity contribution >= 4 is 15.7 Å². The van der Waals surface area contributed by atoms with E-state index in [1.165, 1.54) is 13.2 Å². The summed E-state index contributed by atoms with van der Waals surface area (Å²) in [7, 11) is -2.82. The lowest BCUT2D eigenvalue weighted by Crippen LogP contribution is -2.34. The Kier molecular flexibility index (Phi) is 5.61. The van der Waals surface area contributed by atoms with Gasteiger partial charge in [0.2, 0.25) is 10.0 Å². The quantitative estimate of drug-likeness (QED) is 0.610. The molecule has 0 amide bonds. The van der Waals surface area contributed by atoms with E-state index in [-0.39, 0.29) is 25.4 Å². The van der Waals surface area contributed by atoms with Gasteiger partial charge in [-0.25, -0.2) is 17.2 Å². The van der Waals surface area contributed by atoms with Gasteiger partial charge in [-0.05, 0) is 12.1 Å². The van der Waals surface area contributed by atoms with Crippen LogP contribution < -0.4 is 5.73 Å². The van der Waals surface area contributed by atoms with E-state index < -0.39 is 26.6 Å². The average molecular weight is 306 g/mol. The summed E-state index contributed by atoms with van der Waals surface area (Å²) in [5, 5.41) is 0. The largest absolute Gasteiger partial charge is 0.399 e. The molecule has 1 aromatic rings. The van der Waals surface area contributed by atoms with E-state index in [4.69, 9.17) is 10.5 Å². The summed E-state index contributed by atoms with van der Waals surface area (Å²) in [5.41, 5.74) is 5.19. The first-order valence-corrected chi connectivity index (χ1v) is 7.13. The second-order valence-electron chi connectivity index (χ2n) is 3.96. The summed E-state index contributed by atoms with van der Waals surface area (Å²) in [4.78, 5) is -0.798. The number of sulfonamides is 1. The van der Waals surface area contributed by atoms with E-state index in [1.54, 1.807) is 0 Å². The predicted molar refractivity (Wildman–Crippen MR) is 71.6 cm³/mol. The molecule has 0 spiro atoms. The van der Waals surface area contributed by atoms with Crippen LogP contribution in [0, 0.1) is 11.6 Å². The average Bonchev–Trinajstić information content (AvgIpc) is 2.38. The van der Waals surface area contributed by atoms with Crippen molar-refractivity contribution in [3.8, 4) is 0 Å². The zero-order chi connectivity index (χ0) is 15.3. The SMILES string of the molecule is C=CCN(CCOC)S(=O)(=O)c1cc(N)cc(F)c1F. The van der Waals surface area contributed by atoms with Gasteiger partial charge in [0.05, 0.1) is 6.61 Å². The number of hydrogen-bond donors (Lipinski definition) is 1. The number of rotatable bonds is 7. The van der Waals surface area contributed by atoms with Crippen molar-refractivity contribution in [2.45, 2.75) is 4.90 Å². The molecule has 0 bridgehead atoms. The summed E-state index contributed by atoms with van der Waals surface area (Å²) in [6.45, 7) is 3.48. The van der Waals surface area contributed by atoms with Crippen LogP contribution in [0.5, 0.6) is 0 Å². The summed E-state index contributed by atoms with van der Waals surface area (Å²) in [5.74, 6) is -2.76. The Morgan fingerprint density at radius 3 is 2.65 bits per heavy atom. The van der Waals surface area contributed by atoms with Gasteiger partial charge in [-0.2, -0.15) is 4.31 Å². The molecule has 0 saturated carbocycles. The van der Waals surface area contributed by atoms with E-state index in [9.17, 15) is 17.2 Å². The molecule has 20 heavy (non-hydrogen) atoms. The number of methoxy groups -OCH3 is 1. The fourth-order valence-corrected chi connectivity index (χ4v) is 3.06. The van der Waals surface area contributed by atoms with Crippen LogP contribution in [0.15, 0.2) is 29.7 Å². The summed E-state index contributed by atoms with van der Waals surface area (Å²) < 4.78 is 57.3. The van der Waals surface area contributed by atoms with Crippen molar-refractivity contribution in [3.05, 3.63) is 36.4 Å². The molecule has 0 aliphatic heterocycles. The molecule has 0 fully saturated rings. The fourth-order valence-electron chi connectivity index (χ4n) is 1.56. The Balaban J connectivity index is 3.28. The molecule has 0 atom stereocenters. The lowest BCUT2D eigenvalue weighted by atomic mass is 10.3. The molecule has 0 unspecified atom stereocenters. The van der Waals surface area contributed by atoms with Crippen molar-refractivity contribution < 1.29 is 21.9 Å². The van der Waals surface area contributed by atoms with Crippen LogP contribution in [0.1, 0.15) is 0 Å².